The third-order valence-electron chi connectivity index (χ3n) is 7.40. The number of aromatic carboxylic acids is 1. The van der Waals surface area contributed by atoms with E-state index in [0.29, 0.717) is 13.3 Å². The van der Waals surface area contributed by atoms with Crippen LogP contribution in [0.3, 0.4) is 0 Å². The van der Waals surface area contributed by atoms with Gasteiger partial charge >= 0.3 is 5.97 Å². The van der Waals surface area contributed by atoms with E-state index in [-0.39, 0.29) is 52.2 Å². The second-order valence-corrected chi connectivity index (χ2v) is 10.4. The zero-order chi connectivity index (χ0) is 27.7. The molecule has 3 aromatic rings. The maximum Gasteiger partial charge on any atom is 0.356 e. The van der Waals surface area contributed by atoms with Crippen molar-refractivity contribution in [3.8, 4) is 0 Å². The van der Waals surface area contributed by atoms with Crippen molar-refractivity contribution in [1.29, 1.82) is 0 Å². The number of nitrogens with one attached hydrogen (secondary N) is 1. The number of hydrogen-bond acceptors (Lipinski definition) is 6. The topological polar surface area (TPSA) is 99.8 Å². The van der Waals surface area contributed by atoms with Crippen molar-refractivity contribution in [2.24, 2.45) is 11.8 Å². The number of nitrogens with zero attached hydrogens (tertiary/aromatic N) is 4. The van der Waals surface area contributed by atoms with Crippen LogP contribution in [0.25, 0.3) is 5.65 Å². The lowest BCUT2D eigenvalue weighted by molar-refractivity contribution is -0.194. The van der Waals surface area contributed by atoms with Crippen LogP contribution in [-0.2, 0) is 5.92 Å². The highest BCUT2D eigenvalue weighted by molar-refractivity contribution is 6.29. The van der Waals surface area contributed by atoms with E-state index in [1.165, 1.54) is 25.1 Å². The SMILES string of the molecule is Cc1c(N2CC3CC(C2)C3(F)F)nc2c([C@@H](C)Nc3ccc(Cl)nc3C(=O)O)cc(C(C)(F)F)cn2c1=O. The summed E-state index contributed by atoms with van der Waals surface area (Å²) >= 11 is 5.83. The van der Waals surface area contributed by atoms with Crippen LogP contribution < -0.4 is 15.8 Å². The van der Waals surface area contributed by atoms with Crippen LogP contribution in [0.1, 0.15) is 53.5 Å². The molecule has 2 N–H and O–H groups in total. The number of piperidine rings is 2. The molecule has 1 saturated carbocycles. The number of anilines is 2. The van der Waals surface area contributed by atoms with E-state index in [4.69, 9.17) is 11.6 Å². The fourth-order valence-corrected chi connectivity index (χ4v) is 5.38. The molecule has 0 spiro atoms. The summed E-state index contributed by atoms with van der Waals surface area (Å²) in [5.41, 5.74) is -0.957. The molecule has 0 aromatic carbocycles. The Balaban J connectivity index is 1.64. The molecule has 1 aliphatic carbocycles. The van der Waals surface area contributed by atoms with Gasteiger partial charge in [0.05, 0.1) is 17.3 Å². The second-order valence-electron chi connectivity index (χ2n) is 10.0. The normalized spacial score (nSPS) is 21.2. The summed E-state index contributed by atoms with van der Waals surface area (Å²) in [7, 11) is 0. The average molecular weight is 554 g/mol. The maximum absolute atomic E-state index is 14.5. The van der Waals surface area contributed by atoms with Crippen molar-refractivity contribution in [3.05, 3.63) is 62.3 Å². The average Bonchev–Trinajstić information content (AvgIpc) is 2.85. The van der Waals surface area contributed by atoms with Gasteiger partial charge < -0.3 is 15.3 Å². The van der Waals surface area contributed by atoms with Crippen LogP contribution in [0.5, 0.6) is 0 Å². The molecular weight excluding hydrogens is 530 g/mol. The zero-order valence-electron chi connectivity index (χ0n) is 20.6. The molecule has 2 unspecified atom stereocenters. The number of carboxylic acid groups (broad SMARTS) is 1. The van der Waals surface area contributed by atoms with E-state index >= 15 is 0 Å². The van der Waals surface area contributed by atoms with Crippen LogP contribution in [0.15, 0.2) is 29.2 Å². The van der Waals surface area contributed by atoms with Crippen LogP contribution in [0.2, 0.25) is 5.15 Å². The number of fused-ring (bicyclic) bond motifs is 3. The molecule has 3 fully saturated rings. The highest BCUT2D eigenvalue weighted by atomic mass is 35.5. The van der Waals surface area contributed by atoms with Gasteiger partial charge in [0, 0.05) is 49.2 Å². The Morgan fingerprint density at radius 2 is 1.92 bits per heavy atom. The van der Waals surface area contributed by atoms with E-state index in [1.54, 1.807) is 11.8 Å². The number of carboxylic acids is 1. The molecule has 202 valence electrons. The number of pyridine rings is 2. The maximum atomic E-state index is 14.5. The minimum atomic E-state index is -3.30. The first kappa shape index (κ1) is 26.2. The van der Waals surface area contributed by atoms with Gasteiger partial charge in [0.1, 0.15) is 16.6 Å². The molecular formula is C25H24ClF4N5O3. The Bertz CT molecular complexity index is 1510. The summed E-state index contributed by atoms with van der Waals surface area (Å²) in [6, 6.07) is 3.14. The minimum absolute atomic E-state index is 0.0274. The van der Waals surface area contributed by atoms with E-state index < -0.39 is 46.8 Å². The fraction of sp³-hybridized carbons (Fsp3) is 0.440. The summed E-state index contributed by atoms with van der Waals surface area (Å²) in [5, 5.41) is 12.4. The first-order valence-electron chi connectivity index (χ1n) is 11.9. The summed E-state index contributed by atoms with van der Waals surface area (Å²) in [6.45, 7) is 3.84. The molecule has 3 aliphatic rings. The molecule has 0 amide bonds. The Morgan fingerprint density at radius 3 is 2.50 bits per heavy atom. The van der Waals surface area contributed by atoms with E-state index in [2.05, 4.69) is 15.3 Å². The lowest BCUT2D eigenvalue weighted by Gasteiger charge is -2.53. The first-order chi connectivity index (χ1) is 17.7. The van der Waals surface area contributed by atoms with Crippen molar-refractivity contribution in [3.63, 3.8) is 0 Å². The summed E-state index contributed by atoms with van der Waals surface area (Å²) in [5.74, 6) is -8.86. The molecule has 3 atom stereocenters. The predicted molar refractivity (Wildman–Crippen MR) is 133 cm³/mol. The lowest BCUT2D eigenvalue weighted by atomic mass is 9.67. The number of alkyl halides is 4. The Labute approximate surface area is 219 Å². The largest absolute Gasteiger partial charge is 0.476 e. The number of aromatic nitrogens is 3. The number of rotatable bonds is 6. The monoisotopic (exact) mass is 553 g/mol. The first-order valence-corrected chi connectivity index (χ1v) is 12.3. The minimum Gasteiger partial charge on any atom is -0.476 e. The molecule has 5 heterocycles. The van der Waals surface area contributed by atoms with Crippen LogP contribution in [0, 0.1) is 18.8 Å². The Kier molecular flexibility index (Phi) is 6.08. The molecule has 2 saturated heterocycles. The lowest BCUT2D eigenvalue weighted by Crippen LogP contribution is -2.63. The van der Waals surface area contributed by atoms with Gasteiger partial charge in [-0.3, -0.25) is 9.20 Å². The van der Waals surface area contributed by atoms with Gasteiger partial charge in [-0.2, -0.15) is 0 Å². The number of hydrogen-bond donors (Lipinski definition) is 2. The Hall–Kier alpha value is -3.41. The van der Waals surface area contributed by atoms with Crippen molar-refractivity contribution < 1.29 is 27.5 Å². The van der Waals surface area contributed by atoms with Crippen LogP contribution in [0.4, 0.5) is 29.1 Å². The van der Waals surface area contributed by atoms with Gasteiger partial charge in [-0.1, -0.05) is 11.6 Å². The molecule has 3 aromatic heterocycles. The summed E-state index contributed by atoms with van der Waals surface area (Å²) < 4.78 is 58.3. The van der Waals surface area contributed by atoms with E-state index in [9.17, 15) is 32.3 Å². The highest BCUT2D eigenvalue weighted by Crippen LogP contribution is 2.53. The fourth-order valence-electron chi connectivity index (χ4n) is 5.24. The molecule has 2 aliphatic heterocycles. The van der Waals surface area contributed by atoms with Gasteiger partial charge in [0.2, 0.25) is 0 Å². The predicted octanol–water partition coefficient (Wildman–Crippen LogP) is 5.13. The van der Waals surface area contributed by atoms with Crippen LogP contribution >= 0.6 is 11.6 Å². The number of carbonyl (C=O) groups is 1. The number of halogens is 5. The van der Waals surface area contributed by atoms with Crippen molar-refractivity contribution in [2.45, 2.75) is 45.1 Å². The van der Waals surface area contributed by atoms with Gasteiger partial charge in [-0.25, -0.2) is 32.3 Å². The summed E-state index contributed by atoms with van der Waals surface area (Å²) in [4.78, 5) is 35.2. The second kappa shape index (κ2) is 8.82. The quantitative estimate of drug-likeness (QED) is 0.323. The van der Waals surface area contributed by atoms with E-state index in [0.717, 1.165) is 10.6 Å². The third kappa shape index (κ3) is 4.24. The van der Waals surface area contributed by atoms with Crippen molar-refractivity contribution in [1.82, 2.24) is 14.4 Å². The van der Waals surface area contributed by atoms with Gasteiger partial charge in [-0.15, -0.1) is 0 Å². The van der Waals surface area contributed by atoms with Crippen LogP contribution in [-0.4, -0.2) is 44.5 Å². The van der Waals surface area contributed by atoms with E-state index in [1.807, 2.05) is 0 Å². The van der Waals surface area contributed by atoms with Crippen molar-refractivity contribution in [2.75, 3.05) is 23.3 Å². The molecule has 13 heteroatoms. The molecule has 8 nitrogen and oxygen atoms in total. The molecule has 0 radical (unpaired) electrons. The molecule has 6 rings (SSSR count). The van der Waals surface area contributed by atoms with Gasteiger partial charge in [0.25, 0.3) is 17.4 Å². The van der Waals surface area contributed by atoms with Crippen molar-refractivity contribution >= 4 is 34.7 Å². The highest BCUT2D eigenvalue weighted by Gasteiger charge is 2.61. The smallest absolute Gasteiger partial charge is 0.356 e. The molecule has 2 bridgehead atoms. The van der Waals surface area contributed by atoms with Gasteiger partial charge in [0.15, 0.2) is 5.69 Å². The molecule has 38 heavy (non-hydrogen) atoms. The standard InChI is InChI=1S/C25H24ClF4N5O3/c1-11-20(34-8-14-6-15(9-34)25(14,29)30)33-21-16(7-13(24(3,27)28)10-35(21)22(11)36)12(2)31-17-4-5-18(26)32-19(17)23(37)38/h4-5,7,10,12,14-15,31H,6,8-9H2,1-3H3,(H,37,38)/t12-,14?,15?/m1/s1. The van der Waals surface area contributed by atoms with Gasteiger partial charge in [-0.05, 0) is 38.5 Å². The zero-order valence-corrected chi connectivity index (χ0v) is 21.4. The third-order valence-corrected chi connectivity index (χ3v) is 7.61. The Morgan fingerprint density at radius 1 is 1.26 bits per heavy atom. The summed E-state index contributed by atoms with van der Waals surface area (Å²) in [6.07, 6.45) is 1.42.